The lowest BCUT2D eigenvalue weighted by atomic mass is 9.76. The molecule has 0 atom stereocenters. The summed E-state index contributed by atoms with van der Waals surface area (Å²) in [7, 11) is 2.38. The minimum absolute atomic E-state index is 0.319. The molecule has 106 valence electrons. The zero-order valence-corrected chi connectivity index (χ0v) is 11.2. The third kappa shape index (κ3) is 3.54. The molecule has 0 saturated carbocycles. The Morgan fingerprint density at radius 2 is 1.60 bits per heavy atom. The number of nitrogens with zero attached hydrogens (tertiary/aromatic N) is 1. The van der Waals surface area contributed by atoms with Gasteiger partial charge in [-0.15, -0.1) is 0 Å². The van der Waals surface area contributed by atoms with Gasteiger partial charge in [-0.2, -0.15) is 5.26 Å². The molecule has 0 N–H and O–H groups in total. The molecule has 0 aromatic heterocycles. The predicted octanol–water partition coefficient (Wildman–Crippen LogP) is 1.71. The quantitative estimate of drug-likeness (QED) is 0.767. The van der Waals surface area contributed by atoms with Crippen molar-refractivity contribution >= 4 is 11.9 Å². The molecule has 0 fully saturated rings. The van der Waals surface area contributed by atoms with Crippen LogP contribution in [0.5, 0.6) is 0 Å². The molecule has 0 amide bonds. The summed E-state index contributed by atoms with van der Waals surface area (Å²) in [5, 5.41) is 9.43. The average Bonchev–Trinajstić information content (AvgIpc) is 2.46. The highest BCUT2D eigenvalue weighted by Gasteiger charge is 2.38. The minimum Gasteiger partial charge on any atom is -0.469 e. The molecule has 0 aliphatic carbocycles. The predicted molar refractivity (Wildman–Crippen MR) is 67.0 cm³/mol. The number of benzene rings is 1. The minimum atomic E-state index is -1.44. The number of methoxy groups -OCH3 is 2. The van der Waals surface area contributed by atoms with E-state index < -0.39 is 23.2 Å². The third-order valence-corrected chi connectivity index (χ3v) is 2.96. The fraction of sp³-hybridized carbons (Fsp3) is 0.357. The number of hydrogen-bond acceptors (Lipinski definition) is 5. The Balaban J connectivity index is 3.23. The normalized spacial score (nSPS) is 10.5. The van der Waals surface area contributed by atoms with Crippen LogP contribution in [0.4, 0.5) is 4.39 Å². The molecule has 1 aromatic carbocycles. The first-order chi connectivity index (χ1) is 9.47. The van der Waals surface area contributed by atoms with Crippen LogP contribution < -0.4 is 0 Å². The number of nitriles is 1. The molecule has 5 nitrogen and oxygen atoms in total. The van der Waals surface area contributed by atoms with Crippen molar-refractivity contribution in [2.24, 2.45) is 0 Å². The highest BCUT2D eigenvalue weighted by atomic mass is 19.1. The van der Waals surface area contributed by atoms with Crippen molar-refractivity contribution in [3.05, 3.63) is 35.6 Å². The van der Waals surface area contributed by atoms with Gasteiger partial charge in [-0.1, -0.05) is 12.1 Å². The number of rotatable bonds is 5. The number of carbonyl (C=O) groups excluding carboxylic acids is 2. The van der Waals surface area contributed by atoms with Crippen molar-refractivity contribution in [3.63, 3.8) is 0 Å². The van der Waals surface area contributed by atoms with Crippen molar-refractivity contribution in [3.8, 4) is 6.07 Å². The van der Waals surface area contributed by atoms with Gasteiger partial charge in [0.15, 0.2) is 0 Å². The first-order valence-corrected chi connectivity index (χ1v) is 5.78. The van der Waals surface area contributed by atoms with Crippen LogP contribution in [0.25, 0.3) is 0 Å². The van der Waals surface area contributed by atoms with Gasteiger partial charge < -0.3 is 9.47 Å². The Kier molecular flexibility index (Phi) is 5.21. The van der Waals surface area contributed by atoms with E-state index in [1.54, 1.807) is 0 Å². The lowest BCUT2D eigenvalue weighted by molar-refractivity contribution is -0.144. The fourth-order valence-corrected chi connectivity index (χ4v) is 1.82. The molecule has 20 heavy (non-hydrogen) atoms. The molecule has 0 radical (unpaired) electrons. The number of hydrogen-bond donors (Lipinski definition) is 0. The Morgan fingerprint density at radius 3 is 1.95 bits per heavy atom. The van der Waals surface area contributed by atoms with E-state index >= 15 is 0 Å². The maximum atomic E-state index is 13.0. The monoisotopic (exact) mass is 279 g/mol. The number of ether oxygens (including phenoxy) is 2. The smallest absolute Gasteiger partial charge is 0.307 e. The molecule has 1 aromatic rings. The summed E-state index contributed by atoms with van der Waals surface area (Å²) in [6.07, 6.45) is -0.637. The standard InChI is InChI=1S/C14H14FNO4/c1-19-12(17)7-14(9-16,8-13(18)20-2)10-3-5-11(15)6-4-10/h3-6H,7-8H2,1-2H3. The van der Waals surface area contributed by atoms with Crippen molar-refractivity contribution in [2.75, 3.05) is 14.2 Å². The van der Waals surface area contributed by atoms with E-state index in [0.717, 1.165) is 12.1 Å². The molecule has 0 aliphatic rings. The van der Waals surface area contributed by atoms with Crippen LogP contribution in [0.15, 0.2) is 24.3 Å². The van der Waals surface area contributed by atoms with E-state index in [1.165, 1.54) is 26.4 Å². The second kappa shape index (κ2) is 6.66. The zero-order chi connectivity index (χ0) is 15.2. The van der Waals surface area contributed by atoms with Gasteiger partial charge in [-0.05, 0) is 17.7 Å². The van der Waals surface area contributed by atoms with Crippen molar-refractivity contribution < 1.29 is 23.5 Å². The van der Waals surface area contributed by atoms with Gasteiger partial charge in [-0.3, -0.25) is 9.59 Å². The summed E-state index contributed by atoms with van der Waals surface area (Å²) in [6, 6.07) is 7.01. The molecular formula is C14H14FNO4. The van der Waals surface area contributed by atoms with Crippen LogP contribution in [-0.4, -0.2) is 26.2 Å². The molecule has 6 heteroatoms. The van der Waals surface area contributed by atoms with Crippen LogP contribution in [0.1, 0.15) is 18.4 Å². The maximum absolute atomic E-state index is 13.0. The zero-order valence-electron chi connectivity index (χ0n) is 11.2. The lowest BCUT2D eigenvalue weighted by Gasteiger charge is -2.24. The van der Waals surface area contributed by atoms with E-state index in [-0.39, 0.29) is 12.8 Å². The summed E-state index contributed by atoms with van der Waals surface area (Å²) in [4.78, 5) is 23.0. The summed E-state index contributed by atoms with van der Waals surface area (Å²) in [5.74, 6) is -1.75. The molecule has 0 spiro atoms. The fourth-order valence-electron chi connectivity index (χ4n) is 1.82. The first kappa shape index (κ1) is 15.6. The topological polar surface area (TPSA) is 76.4 Å². The van der Waals surface area contributed by atoms with Gasteiger partial charge in [0.2, 0.25) is 0 Å². The van der Waals surface area contributed by atoms with Gasteiger partial charge in [0.25, 0.3) is 0 Å². The van der Waals surface area contributed by atoms with Crippen molar-refractivity contribution in [1.29, 1.82) is 5.26 Å². The second-order valence-electron chi connectivity index (χ2n) is 4.21. The second-order valence-corrected chi connectivity index (χ2v) is 4.21. The van der Waals surface area contributed by atoms with E-state index in [9.17, 15) is 19.2 Å². The van der Waals surface area contributed by atoms with E-state index in [0.29, 0.717) is 5.56 Å². The van der Waals surface area contributed by atoms with Crippen LogP contribution >= 0.6 is 0 Å². The SMILES string of the molecule is COC(=O)CC(C#N)(CC(=O)OC)c1ccc(F)cc1. The van der Waals surface area contributed by atoms with E-state index in [1.807, 2.05) is 6.07 Å². The largest absolute Gasteiger partial charge is 0.469 e. The Hall–Kier alpha value is -2.42. The molecule has 0 saturated heterocycles. The van der Waals surface area contributed by atoms with Crippen LogP contribution in [0, 0.1) is 17.1 Å². The van der Waals surface area contributed by atoms with Crippen molar-refractivity contribution in [2.45, 2.75) is 18.3 Å². The molecule has 0 unspecified atom stereocenters. The molecule has 0 bridgehead atoms. The van der Waals surface area contributed by atoms with Crippen molar-refractivity contribution in [1.82, 2.24) is 0 Å². The summed E-state index contributed by atoms with van der Waals surface area (Å²) < 4.78 is 22.1. The maximum Gasteiger partial charge on any atom is 0.307 e. The molecular weight excluding hydrogens is 265 g/mol. The highest BCUT2D eigenvalue weighted by molar-refractivity contribution is 5.77. The van der Waals surface area contributed by atoms with Crippen LogP contribution in [0.2, 0.25) is 0 Å². The number of carbonyl (C=O) groups is 2. The summed E-state index contributed by atoms with van der Waals surface area (Å²) >= 11 is 0. The van der Waals surface area contributed by atoms with Crippen LogP contribution in [-0.2, 0) is 24.5 Å². The molecule has 1 rings (SSSR count). The Labute approximate surface area is 115 Å². The Morgan fingerprint density at radius 1 is 1.15 bits per heavy atom. The molecule has 0 heterocycles. The Bertz CT molecular complexity index is 515. The highest BCUT2D eigenvalue weighted by Crippen LogP contribution is 2.32. The van der Waals surface area contributed by atoms with Crippen LogP contribution in [0.3, 0.4) is 0 Å². The van der Waals surface area contributed by atoms with Gasteiger partial charge in [0.1, 0.15) is 11.2 Å². The number of halogens is 1. The van der Waals surface area contributed by atoms with E-state index in [4.69, 9.17) is 0 Å². The number of esters is 2. The van der Waals surface area contributed by atoms with Gasteiger partial charge >= 0.3 is 11.9 Å². The van der Waals surface area contributed by atoms with Gasteiger partial charge in [0, 0.05) is 0 Å². The summed E-state index contributed by atoms with van der Waals surface area (Å²) in [6.45, 7) is 0. The summed E-state index contributed by atoms with van der Waals surface area (Å²) in [5.41, 5.74) is -1.08. The van der Waals surface area contributed by atoms with E-state index in [2.05, 4.69) is 9.47 Å². The lowest BCUT2D eigenvalue weighted by Crippen LogP contribution is -2.31. The average molecular weight is 279 g/mol. The first-order valence-electron chi connectivity index (χ1n) is 5.78. The third-order valence-electron chi connectivity index (χ3n) is 2.96. The molecule has 0 aliphatic heterocycles. The van der Waals surface area contributed by atoms with Gasteiger partial charge in [0.05, 0.1) is 33.1 Å². The van der Waals surface area contributed by atoms with Gasteiger partial charge in [-0.25, -0.2) is 4.39 Å².